The number of nitrogens with two attached hydrogens (primary N) is 2. The van der Waals surface area contributed by atoms with Crippen molar-refractivity contribution in [3.8, 4) is 0 Å². The number of aliphatic hydroxyl groups excluding tert-OH is 1. The number of aliphatic hydroxyl groups is 1. The number of nitrogens with zero attached hydrogens (tertiary/aromatic N) is 3. The summed E-state index contributed by atoms with van der Waals surface area (Å²) >= 11 is 1.34. The summed E-state index contributed by atoms with van der Waals surface area (Å²) in [7, 11) is 0. The maximum Gasteiger partial charge on any atom is 0.253 e. The van der Waals surface area contributed by atoms with Gasteiger partial charge in [0, 0.05) is 30.9 Å². The van der Waals surface area contributed by atoms with Crippen molar-refractivity contribution in [3.63, 3.8) is 0 Å². The molecule has 6 rings (SSSR count). The molecule has 298 valence electrons. The zero-order chi connectivity index (χ0) is 40.3. The molecule has 5 aromatic rings. The normalized spacial score (nSPS) is 15.9. The average Bonchev–Trinajstić information content (AvgIpc) is 3.77. The Morgan fingerprint density at radius 2 is 1.70 bits per heavy atom. The van der Waals surface area contributed by atoms with E-state index in [4.69, 9.17) is 11.5 Å². The molecule has 3 unspecified atom stereocenters. The van der Waals surface area contributed by atoms with E-state index < -0.39 is 53.8 Å². The number of amides is 4. The Labute approximate surface area is 337 Å². The fourth-order valence-corrected chi connectivity index (χ4v) is 8.48. The molecule has 13 heteroatoms. The number of rotatable bonds is 16. The molecule has 7 N–H and O–H groups in total. The van der Waals surface area contributed by atoms with Crippen LogP contribution in [-0.4, -0.2) is 67.8 Å². The third kappa shape index (κ3) is 10.3. The fraction of sp³-hybridized carbons (Fsp3) is 0.364. The minimum absolute atomic E-state index is 0.0764. The molecule has 57 heavy (non-hydrogen) atoms. The lowest BCUT2D eigenvalue weighted by atomic mass is 9.81. The zero-order valence-corrected chi connectivity index (χ0v) is 32.9. The molecule has 2 aromatic heterocycles. The first-order chi connectivity index (χ1) is 27.6. The van der Waals surface area contributed by atoms with Crippen LogP contribution < -0.4 is 22.1 Å². The van der Waals surface area contributed by atoms with Crippen molar-refractivity contribution in [1.82, 2.24) is 25.5 Å². The number of pyridine rings is 1. The second-order valence-corrected chi connectivity index (χ2v) is 15.6. The SMILES string of the molecule is C[C@H](N)C(=O)N(C(=O)[C@@H](NC(=O)c1cccnc1)C(c1cscn1)c1cccc2ccccc12)C(CC1CCCCC1)C(O)CC(=O)NCc1cccc(CN)c1. The highest BCUT2D eigenvalue weighted by atomic mass is 32.1. The van der Waals surface area contributed by atoms with Gasteiger partial charge >= 0.3 is 0 Å². The van der Waals surface area contributed by atoms with E-state index in [0.717, 1.165) is 58.9 Å². The van der Waals surface area contributed by atoms with Gasteiger partial charge in [-0.15, -0.1) is 11.3 Å². The van der Waals surface area contributed by atoms with Crippen LogP contribution >= 0.6 is 11.3 Å². The molecule has 1 aliphatic carbocycles. The minimum Gasteiger partial charge on any atom is -0.390 e. The summed E-state index contributed by atoms with van der Waals surface area (Å²) in [6.07, 6.45) is 6.09. The molecule has 1 saturated carbocycles. The quantitative estimate of drug-likeness (QED) is 0.0895. The van der Waals surface area contributed by atoms with Gasteiger partial charge in [-0.2, -0.15) is 0 Å². The van der Waals surface area contributed by atoms with Crippen molar-refractivity contribution in [1.29, 1.82) is 0 Å². The smallest absolute Gasteiger partial charge is 0.253 e. The van der Waals surface area contributed by atoms with E-state index in [9.17, 15) is 19.5 Å². The molecular weight excluding hydrogens is 739 g/mol. The van der Waals surface area contributed by atoms with Crippen LogP contribution in [0.1, 0.15) is 90.5 Å². The van der Waals surface area contributed by atoms with Gasteiger partial charge in [0.2, 0.25) is 11.8 Å². The van der Waals surface area contributed by atoms with Gasteiger partial charge in [0.15, 0.2) is 0 Å². The lowest BCUT2D eigenvalue weighted by Crippen LogP contribution is -2.61. The van der Waals surface area contributed by atoms with Gasteiger partial charge in [0.1, 0.15) is 6.04 Å². The number of hydrogen-bond acceptors (Lipinski definition) is 10. The standard InChI is InChI=1S/C44H51N7O5S/c1-28(46)43(55)51(37(21-29-10-3-2-4-11-29)38(52)22-39(53)48-24-31-13-7-12-30(20-31)23-45)44(56)41(50-42(54)33-16-9-19-47-25-33)40(36-26-57-27-49-36)35-18-8-15-32-14-5-6-17-34(32)35/h5-9,12-20,25-29,37-38,40-41,52H,2-4,10-11,21-24,45-46H2,1H3,(H,48,53)(H,50,54)/t28-,37?,38?,40?,41-/m0/s1. The summed E-state index contributed by atoms with van der Waals surface area (Å²) in [5.74, 6) is -3.33. The number of aromatic nitrogens is 2. The molecule has 3 aromatic carbocycles. The summed E-state index contributed by atoms with van der Waals surface area (Å²) in [4.78, 5) is 67.5. The topological polar surface area (TPSA) is 194 Å². The first-order valence-electron chi connectivity index (χ1n) is 19.6. The molecule has 1 aliphatic rings. The van der Waals surface area contributed by atoms with Crippen molar-refractivity contribution < 1.29 is 24.3 Å². The summed E-state index contributed by atoms with van der Waals surface area (Å²) in [5, 5.41) is 21.5. The Morgan fingerprint density at radius 1 is 0.947 bits per heavy atom. The predicted octanol–water partition coefficient (Wildman–Crippen LogP) is 5.19. The molecule has 2 heterocycles. The fourth-order valence-electron chi connectivity index (χ4n) is 7.89. The Hall–Kier alpha value is -5.34. The Balaban J connectivity index is 1.43. The van der Waals surface area contributed by atoms with E-state index in [1.165, 1.54) is 24.5 Å². The highest BCUT2D eigenvalue weighted by Gasteiger charge is 2.45. The molecule has 4 amide bonds. The zero-order valence-electron chi connectivity index (χ0n) is 32.1. The van der Waals surface area contributed by atoms with Crippen molar-refractivity contribution in [2.75, 3.05) is 0 Å². The predicted molar refractivity (Wildman–Crippen MR) is 221 cm³/mol. The largest absolute Gasteiger partial charge is 0.390 e. The molecule has 1 fully saturated rings. The Morgan fingerprint density at radius 3 is 2.42 bits per heavy atom. The van der Waals surface area contributed by atoms with E-state index in [1.807, 2.05) is 72.1 Å². The van der Waals surface area contributed by atoms with Crippen molar-refractivity contribution in [2.24, 2.45) is 17.4 Å². The highest BCUT2D eigenvalue weighted by Crippen LogP contribution is 2.36. The van der Waals surface area contributed by atoms with E-state index in [0.29, 0.717) is 17.8 Å². The van der Waals surface area contributed by atoms with Crippen LogP contribution in [0.3, 0.4) is 0 Å². The number of hydrogen-bond donors (Lipinski definition) is 5. The number of fused-ring (bicyclic) bond motifs is 1. The van der Waals surface area contributed by atoms with E-state index in [2.05, 4.69) is 20.6 Å². The maximum atomic E-state index is 15.6. The Kier molecular flexibility index (Phi) is 14.3. The number of thiazole rings is 1. The molecule has 0 aliphatic heterocycles. The lowest BCUT2D eigenvalue weighted by molar-refractivity contribution is -0.154. The average molecular weight is 790 g/mol. The maximum absolute atomic E-state index is 15.6. The van der Waals surface area contributed by atoms with Crippen LogP contribution in [0.4, 0.5) is 0 Å². The van der Waals surface area contributed by atoms with E-state index in [1.54, 1.807) is 23.8 Å². The van der Waals surface area contributed by atoms with Gasteiger partial charge in [0.25, 0.3) is 11.8 Å². The van der Waals surface area contributed by atoms with E-state index >= 15 is 4.79 Å². The first kappa shape index (κ1) is 41.3. The highest BCUT2D eigenvalue weighted by molar-refractivity contribution is 7.07. The van der Waals surface area contributed by atoms with Crippen LogP contribution in [-0.2, 0) is 27.5 Å². The minimum atomic E-state index is -1.45. The summed E-state index contributed by atoms with van der Waals surface area (Å²) in [5.41, 5.74) is 17.0. The van der Waals surface area contributed by atoms with E-state index in [-0.39, 0.29) is 30.9 Å². The van der Waals surface area contributed by atoms with Crippen LogP contribution in [0.15, 0.2) is 102 Å². The van der Waals surface area contributed by atoms with Gasteiger partial charge in [-0.1, -0.05) is 98.8 Å². The second kappa shape index (κ2) is 19.7. The summed E-state index contributed by atoms with van der Waals surface area (Å²) in [6, 6.07) is 20.5. The van der Waals surface area contributed by atoms with Gasteiger partial charge in [-0.25, -0.2) is 4.98 Å². The summed E-state index contributed by atoms with van der Waals surface area (Å²) in [6.45, 7) is 2.05. The molecule has 0 bridgehead atoms. The van der Waals surface area contributed by atoms with Crippen molar-refractivity contribution in [3.05, 3.63) is 130 Å². The second-order valence-electron chi connectivity index (χ2n) is 14.9. The molecule has 0 spiro atoms. The van der Waals surface area contributed by atoms with Gasteiger partial charge in [-0.3, -0.25) is 29.1 Å². The number of benzene rings is 3. The molecule has 0 radical (unpaired) electrons. The van der Waals surface area contributed by atoms with Crippen LogP contribution in [0.5, 0.6) is 0 Å². The third-order valence-corrected chi connectivity index (χ3v) is 11.4. The van der Waals surface area contributed by atoms with Gasteiger partial charge < -0.3 is 27.2 Å². The van der Waals surface area contributed by atoms with Crippen molar-refractivity contribution in [2.45, 2.75) is 95.1 Å². The first-order valence-corrected chi connectivity index (χ1v) is 20.5. The van der Waals surface area contributed by atoms with Crippen LogP contribution in [0, 0.1) is 5.92 Å². The molecular formula is C44H51N7O5S. The van der Waals surface area contributed by atoms with Crippen molar-refractivity contribution >= 4 is 45.7 Å². The van der Waals surface area contributed by atoms with Crippen LogP contribution in [0.25, 0.3) is 10.8 Å². The number of nitrogens with one attached hydrogen (secondary N) is 2. The third-order valence-electron chi connectivity index (χ3n) is 10.8. The van der Waals surface area contributed by atoms with Gasteiger partial charge in [0.05, 0.1) is 47.3 Å². The molecule has 12 nitrogen and oxygen atoms in total. The molecule has 5 atom stereocenters. The summed E-state index contributed by atoms with van der Waals surface area (Å²) < 4.78 is 0. The number of imide groups is 1. The molecule has 0 saturated heterocycles. The monoisotopic (exact) mass is 789 g/mol. The number of carbonyl (C=O) groups is 4. The van der Waals surface area contributed by atoms with Gasteiger partial charge in [-0.05, 0) is 58.9 Å². The number of carbonyl (C=O) groups excluding carboxylic acids is 4. The van der Waals surface area contributed by atoms with Crippen LogP contribution in [0.2, 0.25) is 0 Å². The Bertz CT molecular complexity index is 2120. The lowest BCUT2D eigenvalue weighted by Gasteiger charge is -2.40.